The monoisotopic (exact) mass is 538 g/mol. The van der Waals surface area contributed by atoms with Gasteiger partial charge in [-0.3, -0.25) is 24.2 Å². The molecule has 0 spiro atoms. The summed E-state index contributed by atoms with van der Waals surface area (Å²) < 4.78 is 5.62. The Morgan fingerprint density at radius 2 is 1.46 bits per heavy atom. The molecule has 2 amide bonds. The van der Waals surface area contributed by atoms with Crippen molar-refractivity contribution in [2.24, 2.45) is 0 Å². The summed E-state index contributed by atoms with van der Waals surface area (Å²) in [5, 5.41) is 15.6. The van der Waals surface area contributed by atoms with Crippen LogP contribution in [0.15, 0.2) is 60.8 Å². The number of amides is 2. The second-order valence-corrected chi connectivity index (χ2v) is 8.72. The van der Waals surface area contributed by atoms with Crippen LogP contribution in [-0.2, 0) is 19.1 Å². The highest BCUT2D eigenvalue weighted by Gasteiger charge is 2.37. The molecule has 12 heteroatoms. The molecule has 1 atom stereocenters. The molecule has 3 heterocycles. The number of anilines is 1. The van der Waals surface area contributed by atoms with Gasteiger partial charge in [-0.1, -0.05) is 25.1 Å². The molecule has 39 heavy (non-hydrogen) atoms. The van der Waals surface area contributed by atoms with E-state index in [1.165, 1.54) is 4.90 Å². The fraction of sp³-hybridized carbons (Fsp3) is 0.333. The Morgan fingerprint density at radius 3 is 1.95 bits per heavy atom. The number of aromatic nitrogens is 1. The molecule has 0 saturated carbocycles. The van der Waals surface area contributed by atoms with E-state index in [9.17, 15) is 24.0 Å². The molecule has 1 fully saturated rings. The zero-order valence-corrected chi connectivity index (χ0v) is 21.4. The van der Waals surface area contributed by atoms with Gasteiger partial charge in [-0.25, -0.2) is 14.6 Å². The number of hydrogen-bond donors (Lipinski definition) is 2. The number of carbonyl (C=O) groups is 5. The molecular weight excluding hydrogens is 508 g/mol. The van der Waals surface area contributed by atoms with Gasteiger partial charge in [0.1, 0.15) is 11.9 Å². The normalized spacial score (nSPS) is 15.9. The first-order valence-corrected chi connectivity index (χ1v) is 12.4. The summed E-state index contributed by atoms with van der Waals surface area (Å²) >= 11 is 0. The number of carbonyl (C=O) groups excluding carboxylic acids is 3. The van der Waals surface area contributed by atoms with Gasteiger partial charge in [0.05, 0.1) is 17.7 Å². The molecule has 0 aliphatic carbocycles. The molecule has 206 valence electrons. The van der Waals surface area contributed by atoms with Crippen LogP contribution in [0, 0.1) is 0 Å². The van der Waals surface area contributed by atoms with Crippen molar-refractivity contribution in [1.82, 2.24) is 14.8 Å². The fourth-order valence-electron chi connectivity index (χ4n) is 4.14. The van der Waals surface area contributed by atoms with E-state index in [0.717, 1.165) is 32.0 Å². The lowest BCUT2D eigenvalue weighted by Gasteiger charge is -2.37. The number of benzene rings is 1. The summed E-state index contributed by atoms with van der Waals surface area (Å²) in [5.41, 5.74) is 0.800. The molecule has 1 unspecified atom stereocenters. The van der Waals surface area contributed by atoms with E-state index < -0.39 is 18.0 Å². The molecule has 0 radical (unpaired) electrons. The van der Waals surface area contributed by atoms with Gasteiger partial charge >= 0.3 is 17.9 Å². The van der Waals surface area contributed by atoms with Crippen molar-refractivity contribution in [1.29, 1.82) is 0 Å². The summed E-state index contributed by atoms with van der Waals surface area (Å²) in [6.07, 6.45) is 2.57. The maximum absolute atomic E-state index is 12.7. The van der Waals surface area contributed by atoms with Crippen LogP contribution in [0.1, 0.15) is 34.1 Å². The number of carboxylic acids is 2. The first-order valence-electron chi connectivity index (χ1n) is 12.4. The topological polar surface area (TPSA) is 158 Å². The number of esters is 1. The summed E-state index contributed by atoms with van der Waals surface area (Å²) in [5.74, 6) is -2.58. The first kappa shape index (κ1) is 29.0. The molecule has 1 saturated heterocycles. The number of piperazine rings is 1. The molecule has 4 rings (SSSR count). The van der Waals surface area contributed by atoms with E-state index in [1.807, 2.05) is 18.2 Å². The Hall–Kier alpha value is -4.58. The quantitative estimate of drug-likeness (QED) is 0.271. The zero-order valence-electron chi connectivity index (χ0n) is 21.4. The van der Waals surface area contributed by atoms with Crippen LogP contribution in [0.25, 0.3) is 0 Å². The van der Waals surface area contributed by atoms with Gasteiger partial charge in [0.25, 0.3) is 11.8 Å². The second-order valence-electron chi connectivity index (χ2n) is 8.72. The van der Waals surface area contributed by atoms with Crippen LogP contribution < -0.4 is 4.90 Å². The molecule has 0 bridgehead atoms. The highest BCUT2D eigenvalue weighted by Crippen LogP contribution is 2.23. The van der Waals surface area contributed by atoms with Crippen molar-refractivity contribution >= 4 is 35.5 Å². The predicted octanol–water partition coefficient (Wildman–Crippen LogP) is 1.53. The fourth-order valence-corrected chi connectivity index (χ4v) is 4.14. The number of hydrogen-bond acceptors (Lipinski definition) is 9. The Kier molecular flexibility index (Phi) is 10.3. The lowest BCUT2D eigenvalue weighted by molar-refractivity contribution is -0.150. The molecule has 2 N–H and O–H groups in total. The van der Waals surface area contributed by atoms with Crippen molar-refractivity contribution in [2.75, 3.05) is 44.2 Å². The molecular formula is C27H30N4O8. The zero-order chi connectivity index (χ0) is 28.4. The molecule has 12 nitrogen and oxygen atoms in total. The largest absolute Gasteiger partial charge is 0.478 e. The van der Waals surface area contributed by atoms with Crippen molar-refractivity contribution in [2.45, 2.75) is 19.4 Å². The van der Waals surface area contributed by atoms with Gasteiger partial charge < -0.3 is 19.8 Å². The third-order valence-corrected chi connectivity index (χ3v) is 6.03. The van der Waals surface area contributed by atoms with E-state index in [2.05, 4.69) is 14.8 Å². The molecule has 2 aliphatic heterocycles. The maximum atomic E-state index is 12.7. The van der Waals surface area contributed by atoms with Crippen LogP contribution >= 0.6 is 0 Å². The highest BCUT2D eigenvalue weighted by molar-refractivity contribution is 6.21. The smallest absolute Gasteiger partial charge is 0.328 e. The van der Waals surface area contributed by atoms with Crippen molar-refractivity contribution in [3.63, 3.8) is 0 Å². The van der Waals surface area contributed by atoms with Crippen molar-refractivity contribution in [3.05, 3.63) is 71.9 Å². The molecule has 1 aromatic heterocycles. The minimum atomic E-state index is -1.26. The molecule has 1 aromatic carbocycles. The third kappa shape index (κ3) is 8.20. The summed E-state index contributed by atoms with van der Waals surface area (Å²) in [6.45, 7) is 5.41. The lowest BCUT2D eigenvalue weighted by atomic mass is 10.1. The summed E-state index contributed by atoms with van der Waals surface area (Å²) in [4.78, 5) is 66.6. The van der Waals surface area contributed by atoms with E-state index in [4.69, 9.17) is 14.9 Å². The van der Waals surface area contributed by atoms with Gasteiger partial charge in [0, 0.05) is 57.5 Å². The van der Waals surface area contributed by atoms with Crippen LogP contribution in [-0.4, -0.2) is 100 Å². The highest BCUT2D eigenvalue weighted by atomic mass is 16.5. The number of aliphatic carboxylic acids is 2. The van der Waals surface area contributed by atoms with Gasteiger partial charge in [0.15, 0.2) is 0 Å². The summed E-state index contributed by atoms with van der Waals surface area (Å²) in [6, 6.07) is 12.6. The number of rotatable bonds is 9. The average Bonchev–Trinajstić information content (AvgIpc) is 3.18. The van der Waals surface area contributed by atoms with E-state index in [0.29, 0.717) is 29.8 Å². The lowest BCUT2D eigenvalue weighted by Crippen LogP contribution is -2.51. The van der Waals surface area contributed by atoms with E-state index >= 15 is 0 Å². The number of fused-ring (bicyclic) bond motifs is 1. The minimum Gasteiger partial charge on any atom is -0.478 e. The Labute approximate surface area is 225 Å². The van der Waals surface area contributed by atoms with E-state index in [1.54, 1.807) is 37.4 Å². The first-order chi connectivity index (χ1) is 18.7. The number of carboxylic acid groups (broad SMARTS) is 2. The van der Waals surface area contributed by atoms with Crippen molar-refractivity contribution in [3.8, 4) is 0 Å². The van der Waals surface area contributed by atoms with Gasteiger partial charge in [-0.15, -0.1) is 0 Å². The number of nitrogens with zero attached hydrogens (tertiary/aromatic N) is 4. The Bertz CT molecular complexity index is 1170. The van der Waals surface area contributed by atoms with Gasteiger partial charge in [0.2, 0.25) is 0 Å². The predicted molar refractivity (Wildman–Crippen MR) is 139 cm³/mol. The van der Waals surface area contributed by atoms with Crippen molar-refractivity contribution < 1.29 is 38.9 Å². The van der Waals surface area contributed by atoms with Crippen LogP contribution in [0.4, 0.5) is 5.82 Å². The summed E-state index contributed by atoms with van der Waals surface area (Å²) in [7, 11) is 0. The van der Waals surface area contributed by atoms with Crippen LogP contribution in [0.3, 0.4) is 0 Å². The van der Waals surface area contributed by atoms with Crippen LogP contribution in [0.5, 0.6) is 0 Å². The molecule has 2 aliphatic rings. The second kappa shape index (κ2) is 13.8. The van der Waals surface area contributed by atoms with Gasteiger partial charge in [-0.2, -0.15) is 0 Å². The van der Waals surface area contributed by atoms with E-state index in [-0.39, 0.29) is 30.7 Å². The minimum absolute atomic E-state index is 0.0541. The Morgan fingerprint density at radius 1 is 0.897 bits per heavy atom. The number of pyridine rings is 1. The Balaban J connectivity index is 0.000000459. The third-order valence-electron chi connectivity index (χ3n) is 6.03. The number of imide groups is 1. The number of ether oxygens (including phenoxy) is 1. The van der Waals surface area contributed by atoms with Crippen LogP contribution in [0.2, 0.25) is 0 Å². The standard InChI is InChI=1S/C23H26N4O4.C4H4O4/c1-2-21(28)31-17(16-27-22(29)18-7-3-4-8-19(18)23(27)30)15-25-11-13-26(14-12-25)20-9-5-6-10-24-20;5-3(6)1-2-4(7)8/h3-10,17H,2,11-16H2,1H3;1-2H,(H,5,6)(H,7,8)/b;2-1-. The molecule has 2 aromatic rings. The van der Waals surface area contributed by atoms with Gasteiger partial charge in [-0.05, 0) is 24.3 Å². The maximum Gasteiger partial charge on any atom is 0.328 e. The average molecular weight is 539 g/mol. The SMILES string of the molecule is CCC(=O)OC(CN1CCN(c2ccccn2)CC1)CN1C(=O)c2ccccc2C1=O.O=C(O)/C=C\C(=O)O.